The fraction of sp³-hybridized carbons (Fsp3) is 0.583. The second kappa shape index (κ2) is 4.69. The maximum Gasteiger partial charge on any atom is 0.305 e. The van der Waals surface area contributed by atoms with Crippen LogP contribution in [0.4, 0.5) is 5.82 Å². The predicted molar refractivity (Wildman–Crippen MR) is 64.1 cm³/mol. The first-order chi connectivity index (χ1) is 8.06. The molecule has 1 N–H and O–H groups in total. The molecule has 0 amide bonds. The molecule has 17 heavy (non-hydrogen) atoms. The van der Waals surface area contributed by atoms with Crippen molar-refractivity contribution in [3.63, 3.8) is 0 Å². The van der Waals surface area contributed by atoms with E-state index in [0.29, 0.717) is 12.6 Å². The van der Waals surface area contributed by atoms with Crippen LogP contribution in [0, 0.1) is 13.8 Å². The molecule has 92 valence electrons. The Bertz CT molecular complexity index is 410. The van der Waals surface area contributed by atoms with Crippen molar-refractivity contribution in [2.45, 2.75) is 39.2 Å². The van der Waals surface area contributed by atoms with Gasteiger partial charge in [-0.05, 0) is 26.7 Å². The highest BCUT2D eigenvalue weighted by molar-refractivity contribution is 5.67. The van der Waals surface area contributed by atoms with E-state index in [2.05, 4.69) is 14.9 Å². The largest absolute Gasteiger partial charge is 0.481 e. The van der Waals surface area contributed by atoms with E-state index in [4.69, 9.17) is 5.11 Å². The summed E-state index contributed by atoms with van der Waals surface area (Å²) in [5.41, 5.74) is 0.925. The van der Waals surface area contributed by atoms with Crippen LogP contribution in [0.25, 0.3) is 0 Å². The topological polar surface area (TPSA) is 66.3 Å². The van der Waals surface area contributed by atoms with Gasteiger partial charge in [-0.2, -0.15) is 0 Å². The number of aliphatic carboxylic acids is 1. The van der Waals surface area contributed by atoms with Crippen LogP contribution in [-0.4, -0.2) is 33.6 Å². The fourth-order valence-corrected chi connectivity index (χ4v) is 1.93. The third-order valence-electron chi connectivity index (χ3n) is 2.80. The first-order valence-corrected chi connectivity index (χ1v) is 5.87. The molecular weight excluding hydrogens is 218 g/mol. The SMILES string of the molecule is Cc1cc(N(CCC(=O)O)C2CC2)nc(C)n1. The monoisotopic (exact) mass is 235 g/mol. The second-order valence-corrected chi connectivity index (χ2v) is 4.48. The Balaban J connectivity index is 2.16. The average molecular weight is 235 g/mol. The number of aromatic nitrogens is 2. The van der Waals surface area contributed by atoms with Crippen LogP contribution in [0.5, 0.6) is 0 Å². The molecule has 0 unspecified atom stereocenters. The van der Waals surface area contributed by atoms with Gasteiger partial charge in [-0.3, -0.25) is 4.79 Å². The number of hydrogen-bond acceptors (Lipinski definition) is 4. The Hall–Kier alpha value is -1.65. The van der Waals surface area contributed by atoms with Gasteiger partial charge in [0.05, 0.1) is 6.42 Å². The molecule has 1 aliphatic rings. The number of nitrogens with zero attached hydrogens (tertiary/aromatic N) is 3. The smallest absolute Gasteiger partial charge is 0.305 e. The van der Waals surface area contributed by atoms with Crippen LogP contribution in [0.2, 0.25) is 0 Å². The van der Waals surface area contributed by atoms with Crippen molar-refractivity contribution in [1.82, 2.24) is 9.97 Å². The van der Waals surface area contributed by atoms with Crippen molar-refractivity contribution >= 4 is 11.8 Å². The van der Waals surface area contributed by atoms with E-state index in [0.717, 1.165) is 30.2 Å². The quantitative estimate of drug-likeness (QED) is 0.838. The van der Waals surface area contributed by atoms with E-state index in [1.807, 2.05) is 19.9 Å². The molecule has 0 aliphatic heterocycles. The fourth-order valence-electron chi connectivity index (χ4n) is 1.93. The van der Waals surface area contributed by atoms with E-state index in [-0.39, 0.29) is 6.42 Å². The molecule has 0 bridgehead atoms. The molecule has 1 aromatic rings. The number of hydrogen-bond donors (Lipinski definition) is 1. The maximum absolute atomic E-state index is 10.7. The van der Waals surface area contributed by atoms with Gasteiger partial charge in [-0.15, -0.1) is 0 Å². The lowest BCUT2D eigenvalue weighted by Crippen LogP contribution is -2.29. The number of carbonyl (C=O) groups is 1. The van der Waals surface area contributed by atoms with Crippen molar-refractivity contribution in [3.05, 3.63) is 17.6 Å². The van der Waals surface area contributed by atoms with Crippen LogP contribution in [-0.2, 0) is 4.79 Å². The van der Waals surface area contributed by atoms with Gasteiger partial charge in [0.1, 0.15) is 11.6 Å². The van der Waals surface area contributed by atoms with Gasteiger partial charge in [0, 0.05) is 24.3 Å². The van der Waals surface area contributed by atoms with E-state index in [1.165, 1.54) is 0 Å². The zero-order valence-corrected chi connectivity index (χ0v) is 10.2. The van der Waals surface area contributed by atoms with Gasteiger partial charge in [0.15, 0.2) is 0 Å². The lowest BCUT2D eigenvalue weighted by atomic mass is 10.3. The molecule has 1 aliphatic carbocycles. The van der Waals surface area contributed by atoms with Gasteiger partial charge in [-0.1, -0.05) is 0 Å². The summed E-state index contributed by atoms with van der Waals surface area (Å²) in [5.74, 6) is 0.831. The standard InChI is InChI=1S/C12H17N3O2/c1-8-7-11(14-9(2)13-8)15(10-3-4-10)6-5-12(16)17/h7,10H,3-6H2,1-2H3,(H,16,17). The van der Waals surface area contributed by atoms with Gasteiger partial charge >= 0.3 is 5.97 Å². The minimum atomic E-state index is -0.766. The van der Waals surface area contributed by atoms with Crippen molar-refractivity contribution in [2.24, 2.45) is 0 Å². The predicted octanol–water partition coefficient (Wildman–Crippen LogP) is 1.54. The molecule has 0 atom stereocenters. The second-order valence-electron chi connectivity index (χ2n) is 4.48. The first-order valence-electron chi connectivity index (χ1n) is 5.87. The van der Waals surface area contributed by atoms with Crippen molar-refractivity contribution in [3.8, 4) is 0 Å². The molecule has 5 heteroatoms. The Morgan fingerprint density at radius 2 is 2.18 bits per heavy atom. The number of carboxylic acid groups (broad SMARTS) is 1. The summed E-state index contributed by atoms with van der Waals surface area (Å²) in [4.78, 5) is 21.4. The summed E-state index contributed by atoms with van der Waals surface area (Å²) in [6, 6.07) is 2.38. The molecule has 5 nitrogen and oxygen atoms in total. The summed E-state index contributed by atoms with van der Waals surface area (Å²) < 4.78 is 0. The first kappa shape index (κ1) is 11.8. The number of anilines is 1. The Kier molecular flexibility index (Phi) is 3.26. The van der Waals surface area contributed by atoms with E-state index in [9.17, 15) is 4.79 Å². The molecule has 2 rings (SSSR count). The van der Waals surface area contributed by atoms with Gasteiger partial charge in [0.2, 0.25) is 0 Å². The van der Waals surface area contributed by atoms with Gasteiger partial charge < -0.3 is 10.0 Å². The third-order valence-corrected chi connectivity index (χ3v) is 2.80. The summed E-state index contributed by atoms with van der Waals surface area (Å²) in [7, 11) is 0. The number of carboxylic acids is 1. The zero-order chi connectivity index (χ0) is 12.4. The summed E-state index contributed by atoms with van der Waals surface area (Å²) >= 11 is 0. The molecule has 1 fully saturated rings. The van der Waals surface area contributed by atoms with Crippen molar-refractivity contribution < 1.29 is 9.90 Å². The highest BCUT2D eigenvalue weighted by Gasteiger charge is 2.30. The lowest BCUT2D eigenvalue weighted by Gasteiger charge is -2.23. The zero-order valence-electron chi connectivity index (χ0n) is 10.2. The minimum absolute atomic E-state index is 0.151. The summed E-state index contributed by atoms with van der Waals surface area (Å²) in [6.45, 7) is 4.31. The maximum atomic E-state index is 10.7. The molecule has 1 saturated carbocycles. The van der Waals surface area contributed by atoms with Crippen molar-refractivity contribution in [1.29, 1.82) is 0 Å². The average Bonchev–Trinajstić information content (AvgIpc) is 3.00. The van der Waals surface area contributed by atoms with Crippen LogP contribution < -0.4 is 4.90 Å². The van der Waals surface area contributed by atoms with Crippen LogP contribution in [0.1, 0.15) is 30.8 Å². The molecule has 0 saturated heterocycles. The van der Waals surface area contributed by atoms with Gasteiger partial charge in [0.25, 0.3) is 0 Å². The van der Waals surface area contributed by atoms with Crippen LogP contribution in [0.15, 0.2) is 6.07 Å². The van der Waals surface area contributed by atoms with E-state index >= 15 is 0 Å². The van der Waals surface area contributed by atoms with Gasteiger partial charge in [-0.25, -0.2) is 9.97 Å². The van der Waals surface area contributed by atoms with E-state index in [1.54, 1.807) is 0 Å². The molecular formula is C12H17N3O2. The molecule has 0 aromatic carbocycles. The Labute approximate surface area is 100 Å². The van der Waals surface area contributed by atoms with Crippen LogP contribution in [0.3, 0.4) is 0 Å². The molecule has 1 heterocycles. The Morgan fingerprint density at radius 1 is 1.47 bits per heavy atom. The third kappa shape index (κ3) is 3.15. The number of rotatable bonds is 5. The van der Waals surface area contributed by atoms with E-state index < -0.39 is 5.97 Å². The summed E-state index contributed by atoms with van der Waals surface area (Å²) in [6.07, 6.45) is 2.40. The molecule has 0 radical (unpaired) electrons. The lowest BCUT2D eigenvalue weighted by molar-refractivity contribution is -0.136. The summed E-state index contributed by atoms with van der Waals surface area (Å²) in [5, 5.41) is 8.76. The molecule has 0 spiro atoms. The van der Waals surface area contributed by atoms with Crippen LogP contribution >= 0.6 is 0 Å². The van der Waals surface area contributed by atoms with Crippen molar-refractivity contribution in [2.75, 3.05) is 11.4 Å². The normalized spacial score (nSPS) is 14.7. The minimum Gasteiger partial charge on any atom is -0.481 e. The highest BCUT2D eigenvalue weighted by Crippen LogP contribution is 2.30. The Morgan fingerprint density at radius 3 is 2.71 bits per heavy atom. The number of aryl methyl sites for hydroxylation is 2. The highest BCUT2D eigenvalue weighted by atomic mass is 16.4. The molecule has 1 aromatic heterocycles.